The normalized spacial score (nSPS) is 45.0. The van der Waals surface area contributed by atoms with Crippen molar-refractivity contribution in [3.05, 3.63) is 11.6 Å². The van der Waals surface area contributed by atoms with Crippen molar-refractivity contribution < 1.29 is 9.90 Å². The summed E-state index contributed by atoms with van der Waals surface area (Å²) in [6.07, 6.45) is 13.0. The molecule has 0 aliphatic heterocycles. The molecule has 0 aromatic carbocycles. The fourth-order valence-electron chi connectivity index (χ4n) is 9.39. The average Bonchev–Trinajstić information content (AvgIpc) is 3.03. The largest absolute Gasteiger partial charge is 0.385 e. The van der Waals surface area contributed by atoms with Crippen LogP contribution in [0.3, 0.4) is 0 Å². The number of carbonyl (C=O) groups is 1. The van der Waals surface area contributed by atoms with Gasteiger partial charge in [0.05, 0.1) is 0 Å². The minimum atomic E-state index is -0.790. The Bertz CT molecular complexity index is 733. The van der Waals surface area contributed by atoms with Crippen LogP contribution in [-0.2, 0) is 4.79 Å². The van der Waals surface area contributed by atoms with E-state index in [-0.39, 0.29) is 11.2 Å². The Morgan fingerprint density at radius 1 is 1.03 bits per heavy atom. The highest BCUT2D eigenvalue weighted by Crippen LogP contribution is 2.68. The van der Waals surface area contributed by atoms with Crippen LogP contribution in [0.15, 0.2) is 11.6 Å². The number of aliphatic hydroxyl groups is 1. The second-order valence-electron chi connectivity index (χ2n) is 13.4. The number of rotatable bonds is 5. The van der Waals surface area contributed by atoms with Gasteiger partial charge < -0.3 is 5.11 Å². The first-order valence-electron chi connectivity index (χ1n) is 13.4. The molecule has 0 saturated heterocycles. The highest BCUT2D eigenvalue weighted by molar-refractivity contribution is 5.92. The van der Waals surface area contributed by atoms with Crippen LogP contribution in [0.2, 0.25) is 0 Å². The minimum Gasteiger partial charge on any atom is -0.385 e. The van der Waals surface area contributed by atoms with Gasteiger partial charge in [0.1, 0.15) is 6.10 Å². The van der Waals surface area contributed by atoms with E-state index in [1.807, 2.05) is 0 Å². The number of Topliss-reactive ketones (excluding diaryl/α,β-unsaturated/α-hetero) is 1. The zero-order valence-electron chi connectivity index (χ0n) is 21.3. The van der Waals surface area contributed by atoms with Crippen LogP contribution in [0, 0.1) is 51.8 Å². The number of hydrogen-bond donors (Lipinski definition) is 1. The zero-order valence-corrected chi connectivity index (χ0v) is 21.3. The Morgan fingerprint density at radius 3 is 2.42 bits per heavy atom. The van der Waals surface area contributed by atoms with Gasteiger partial charge in [-0.25, -0.2) is 0 Å². The summed E-state index contributed by atoms with van der Waals surface area (Å²) in [6, 6.07) is 0. The summed E-state index contributed by atoms with van der Waals surface area (Å²) >= 11 is 0. The van der Waals surface area contributed by atoms with Crippen LogP contribution >= 0.6 is 0 Å². The van der Waals surface area contributed by atoms with Crippen LogP contribution in [0.4, 0.5) is 0 Å². The quantitative estimate of drug-likeness (QED) is 0.470. The summed E-state index contributed by atoms with van der Waals surface area (Å²) in [6.45, 7) is 16.4. The van der Waals surface area contributed by atoms with E-state index < -0.39 is 11.5 Å². The standard InChI is InChI=1S/C29H48O2/c1-18(2)9-8-10-19(3)21-12-13-22-20-11-14-25-27(4,5)26(31)24(30)17-29(25,7)23(20)15-16-28(21,22)6/h14,18-24,30H,8-13,15-17H2,1-7H3/t19-,20+,21-,22+,23+,24+,28-,29-/m1/s1. The predicted octanol–water partition coefficient (Wildman–Crippen LogP) is 7.20. The van der Waals surface area contributed by atoms with Crippen LogP contribution in [-0.4, -0.2) is 17.0 Å². The number of ketones is 1. The van der Waals surface area contributed by atoms with Gasteiger partial charge >= 0.3 is 0 Å². The first kappa shape index (κ1) is 23.5. The molecule has 0 radical (unpaired) electrons. The Labute approximate surface area is 191 Å². The highest BCUT2D eigenvalue weighted by atomic mass is 16.3. The number of allylic oxidation sites excluding steroid dienone is 2. The van der Waals surface area contributed by atoms with Crippen molar-refractivity contribution in [2.45, 2.75) is 112 Å². The Balaban J connectivity index is 1.56. The number of fused-ring (bicyclic) bond motifs is 5. The fourth-order valence-corrected chi connectivity index (χ4v) is 9.39. The lowest BCUT2D eigenvalue weighted by atomic mass is 9.44. The molecule has 0 amide bonds. The molecule has 0 unspecified atom stereocenters. The second-order valence-corrected chi connectivity index (χ2v) is 13.4. The Kier molecular flexibility index (Phi) is 6.07. The first-order valence-corrected chi connectivity index (χ1v) is 13.4. The third-order valence-corrected chi connectivity index (χ3v) is 10.9. The van der Waals surface area contributed by atoms with Crippen molar-refractivity contribution in [1.82, 2.24) is 0 Å². The van der Waals surface area contributed by atoms with E-state index in [0.717, 1.165) is 36.0 Å². The Morgan fingerprint density at radius 2 is 1.74 bits per heavy atom. The van der Waals surface area contributed by atoms with Crippen LogP contribution < -0.4 is 0 Å². The molecule has 0 spiro atoms. The molecule has 4 aliphatic rings. The van der Waals surface area contributed by atoms with Crippen molar-refractivity contribution in [2.24, 2.45) is 51.8 Å². The molecule has 3 fully saturated rings. The van der Waals surface area contributed by atoms with Gasteiger partial charge in [-0.1, -0.05) is 65.5 Å². The van der Waals surface area contributed by atoms with E-state index in [2.05, 4.69) is 54.5 Å². The number of carbonyl (C=O) groups excluding carboxylic acids is 1. The van der Waals surface area contributed by atoms with E-state index in [0.29, 0.717) is 17.8 Å². The van der Waals surface area contributed by atoms with Gasteiger partial charge in [0, 0.05) is 5.41 Å². The summed E-state index contributed by atoms with van der Waals surface area (Å²) in [4.78, 5) is 12.8. The fraction of sp³-hybridized carbons (Fsp3) is 0.897. The van der Waals surface area contributed by atoms with Gasteiger partial charge in [-0.15, -0.1) is 0 Å². The zero-order chi connectivity index (χ0) is 22.8. The summed E-state index contributed by atoms with van der Waals surface area (Å²) in [7, 11) is 0. The molecule has 31 heavy (non-hydrogen) atoms. The SMILES string of the molecule is CC(C)CCC[C@@H](C)[C@H]1CC[C@H]2[C@@H]3CC=C4C(C)(C)C(=O)[C@@H](O)C[C@]4(C)[C@H]3CC[C@]12C. The molecule has 4 aliphatic carbocycles. The molecule has 8 atom stereocenters. The smallest absolute Gasteiger partial charge is 0.170 e. The van der Waals surface area contributed by atoms with Gasteiger partial charge in [-0.05, 0) is 98.7 Å². The molecule has 0 aromatic rings. The van der Waals surface area contributed by atoms with Crippen LogP contribution in [0.25, 0.3) is 0 Å². The molecule has 0 bridgehead atoms. The van der Waals surface area contributed by atoms with E-state index in [9.17, 15) is 9.90 Å². The maximum absolute atomic E-state index is 12.8. The Hall–Kier alpha value is -0.630. The van der Waals surface area contributed by atoms with E-state index >= 15 is 0 Å². The maximum Gasteiger partial charge on any atom is 0.170 e. The number of hydrogen-bond acceptors (Lipinski definition) is 2. The highest BCUT2D eigenvalue weighted by Gasteiger charge is 2.62. The first-order chi connectivity index (χ1) is 14.4. The monoisotopic (exact) mass is 428 g/mol. The van der Waals surface area contributed by atoms with E-state index in [1.165, 1.54) is 50.5 Å². The lowest BCUT2D eigenvalue weighted by Gasteiger charge is -2.60. The number of aliphatic hydroxyl groups excluding tert-OH is 1. The molecule has 4 rings (SSSR count). The summed E-state index contributed by atoms with van der Waals surface area (Å²) in [5.41, 5.74) is 1.30. The second kappa shape index (κ2) is 8.00. The van der Waals surface area contributed by atoms with Crippen LogP contribution in [0.5, 0.6) is 0 Å². The van der Waals surface area contributed by atoms with Crippen molar-refractivity contribution in [2.75, 3.05) is 0 Å². The van der Waals surface area contributed by atoms with Crippen molar-refractivity contribution in [1.29, 1.82) is 0 Å². The lowest BCUT2D eigenvalue weighted by Crippen LogP contribution is -2.57. The summed E-state index contributed by atoms with van der Waals surface area (Å²) in [5.74, 6) is 4.74. The molecule has 176 valence electrons. The van der Waals surface area contributed by atoms with Gasteiger partial charge in [0.25, 0.3) is 0 Å². The lowest BCUT2D eigenvalue weighted by molar-refractivity contribution is -0.145. The molecule has 1 N–H and O–H groups in total. The third-order valence-electron chi connectivity index (χ3n) is 10.9. The molecule has 2 nitrogen and oxygen atoms in total. The summed E-state index contributed by atoms with van der Waals surface area (Å²) < 4.78 is 0. The predicted molar refractivity (Wildman–Crippen MR) is 129 cm³/mol. The molecular formula is C29H48O2. The van der Waals surface area contributed by atoms with Gasteiger partial charge in [0.2, 0.25) is 0 Å². The van der Waals surface area contributed by atoms with E-state index in [4.69, 9.17) is 0 Å². The average molecular weight is 429 g/mol. The van der Waals surface area contributed by atoms with Crippen molar-refractivity contribution in [3.8, 4) is 0 Å². The van der Waals surface area contributed by atoms with Crippen molar-refractivity contribution >= 4 is 5.78 Å². The summed E-state index contributed by atoms with van der Waals surface area (Å²) in [5, 5.41) is 10.7. The third kappa shape index (κ3) is 3.58. The molecule has 0 heterocycles. The van der Waals surface area contributed by atoms with E-state index in [1.54, 1.807) is 0 Å². The topological polar surface area (TPSA) is 37.3 Å². The molecule has 0 aromatic heterocycles. The molecular weight excluding hydrogens is 380 g/mol. The van der Waals surface area contributed by atoms with Gasteiger partial charge in [0.15, 0.2) is 5.78 Å². The van der Waals surface area contributed by atoms with Crippen molar-refractivity contribution in [3.63, 3.8) is 0 Å². The van der Waals surface area contributed by atoms with Gasteiger partial charge in [-0.3, -0.25) is 4.79 Å². The molecule has 3 saturated carbocycles. The minimum absolute atomic E-state index is 0.0119. The van der Waals surface area contributed by atoms with Crippen LogP contribution in [0.1, 0.15) is 106 Å². The molecule has 2 heteroatoms. The van der Waals surface area contributed by atoms with Gasteiger partial charge in [-0.2, -0.15) is 0 Å². The maximum atomic E-state index is 12.8.